The molecule has 25 heavy (non-hydrogen) atoms. The van der Waals surface area contributed by atoms with Gasteiger partial charge in [0.05, 0.1) is 0 Å². The highest BCUT2D eigenvalue weighted by atomic mass is 127. The maximum Gasteiger partial charge on any atom is 0.191 e. The average Bonchev–Trinajstić information content (AvgIpc) is 2.61. The number of halogens is 1. The number of hydrogen-bond donors (Lipinski definition) is 2. The van der Waals surface area contributed by atoms with Gasteiger partial charge in [-0.1, -0.05) is 33.1 Å². The van der Waals surface area contributed by atoms with Gasteiger partial charge in [0.25, 0.3) is 0 Å². The van der Waals surface area contributed by atoms with Crippen LogP contribution in [0.25, 0.3) is 0 Å². The highest BCUT2D eigenvalue weighted by Crippen LogP contribution is 2.17. The predicted octanol–water partition coefficient (Wildman–Crippen LogP) is 2.77. The molecule has 0 radical (unpaired) electrons. The van der Waals surface area contributed by atoms with Crippen LogP contribution >= 0.6 is 24.0 Å². The van der Waals surface area contributed by atoms with Crippen molar-refractivity contribution in [1.82, 2.24) is 20.4 Å². The molecule has 0 spiro atoms. The zero-order valence-electron chi connectivity index (χ0n) is 16.6. The van der Waals surface area contributed by atoms with Gasteiger partial charge in [0.1, 0.15) is 0 Å². The molecule has 0 aromatic rings. The molecule has 1 aliphatic carbocycles. The molecule has 1 heterocycles. The third kappa shape index (κ3) is 8.91. The van der Waals surface area contributed by atoms with Gasteiger partial charge in [-0.3, -0.25) is 4.99 Å². The first-order valence-corrected chi connectivity index (χ1v) is 10.2. The molecule has 148 valence electrons. The van der Waals surface area contributed by atoms with Crippen molar-refractivity contribution in [3.05, 3.63) is 0 Å². The molecule has 2 N–H and O–H groups in total. The lowest BCUT2D eigenvalue weighted by Gasteiger charge is -2.35. The number of hydrogen-bond acceptors (Lipinski definition) is 3. The van der Waals surface area contributed by atoms with E-state index in [2.05, 4.69) is 41.2 Å². The number of guanidine groups is 1. The van der Waals surface area contributed by atoms with Crippen molar-refractivity contribution in [2.45, 2.75) is 58.9 Å². The molecular weight excluding hydrogens is 425 g/mol. The quantitative estimate of drug-likeness (QED) is 0.345. The highest BCUT2D eigenvalue weighted by molar-refractivity contribution is 14.0. The molecule has 1 saturated carbocycles. The Morgan fingerprint density at radius 3 is 2.28 bits per heavy atom. The van der Waals surface area contributed by atoms with E-state index in [0.29, 0.717) is 12.0 Å². The summed E-state index contributed by atoms with van der Waals surface area (Å²) in [7, 11) is 0. The maximum atomic E-state index is 4.86. The van der Waals surface area contributed by atoms with E-state index in [4.69, 9.17) is 4.99 Å². The van der Waals surface area contributed by atoms with Gasteiger partial charge in [0.15, 0.2) is 5.96 Å². The van der Waals surface area contributed by atoms with E-state index < -0.39 is 0 Å². The van der Waals surface area contributed by atoms with E-state index in [9.17, 15) is 0 Å². The Kier molecular flexibility index (Phi) is 12.1. The highest BCUT2D eigenvalue weighted by Gasteiger charge is 2.18. The van der Waals surface area contributed by atoms with Crippen molar-refractivity contribution in [2.75, 3.05) is 52.4 Å². The summed E-state index contributed by atoms with van der Waals surface area (Å²) < 4.78 is 0. The fourth-order valence-electron chi connectivity index (χ4n) is 3.79. The predicted molar refractivity (Wildman–Crippen MR) is 119 cm³/mol. The molecule has 0 amide bonds. The van der Waals surface area contributed by atoms with E-state index >= 15 is 0 Å². The number of nitrogens with zero attached hydrogens (tertiary/aromatic N) is 3. The first-order chi connectivity index (χ1) is 11.7. The summed E-state index contributed by atoms with van der Waals surface area (Å²) in [5.41, 5.74) is 0. The van der Waals surface area contributed by atoms with Crippen LogP contribution < -0.4 is 10.6 Å². The first kappa shape index (κ1) is 23.0. The Balaban J connectivity index is 0.00000312. The molecule has 0 aromatic carbocycles. The number of nitrogens with one attached hydrogen (secondary N) is 2. The summed E-state index contributed by atoms with van der Waals surface area (Å²) in [5.74, 6) is 1.63. The summed E-state index contributed by atoms with van der Waals surface area (Å²) in [4.78, 5) is 10.0. The van der Waals surface area contributed by atoms with Crippen molar-refractivity contribution in [3.63, 3.8) is 0 Å². The summed E-state index contributed by atoms with van der Waals surface area (Å²) >= 11 is 0. The molecule has 1 saturated heterocycles. The zero-order chi connectivity index (χ0) is 17.2. The fraction of sp³-hybridized carbons (Fsp3) is 0.947. The van der Waals surface area contributed by atoms with Crippen LogP contribution in [0.5, 0.6) is 0 Å². The van der Waals surface area contributed by atoms with Gasteiger partial charge < -0.3 is 20.4 Å². The molecule has 0 bridgehead atoms. The Morgan fingerprint density at radius 1 is 1.04 bits per heavy atom. The van der Waals surface area contributed by atoms with E-state index in [1.54, 1.807) is 0 Å². The molecule has 2 rings (SSSR count). The van der Waals surface area contributed by atoms with Crippen LogP contribution in [0.3, 0.4) is 0 Å². The first-order valence-electron chi connectivity index (χ1n) is 10.2. The van der Waals surface area contributed by atoms with Gasteiger partial charge in [-0.15, -0.1) is 24.0 Å². The average molecular weight is 465 g/mol. The third-order valence-electron chi connectivity index (χ3n) is 5.33. The smallest absolute Gasteiger partial charge is 0.191 e. The minimum atomic E-state index is 0. The van der Waals surface area contributed by atoms with E-state index in [1.165, 1.54) is 71.4 Å². The van der Waals surface area contributed by atoms with E-state index in [1.807, 2.05) is 0 Å². The monoisotopic (exact) mass is 465 g/mol. The molecular formula is C19H40IN5. The van der Waals surface area contributed by atoms with Crippen LogP contribution in [0.2, 0.25) is 0 Å². The number of likely N-dealkylation sites (N-methyl/N-ethyl adjacent to an activating group) is 1. The second-order valence-electron chi connectivity index (χ2n) is 7.54. The SMILES string of the molecule is CCNC(=NCC(C)CN1CCN(CC)CC1)NC1CCCCC1.I. The van der Waals surface area contributed by atoms with Crippen molar-refractivity contribution in [3.8, 4) is 0 Å². The Bertz CT molecular complexity index is 363. The van der Waals surface area contributed by atoms with Gasteiger partial charge in [-0.2, -0.15) is 0 Å². The van der Waals surface area contributed by atoms with Crippen LogP contribution in [0.1, 0.15) is 52.9 Å². The van der Waals surface area contributed by atoms with Crippen LogP contribution in [0, 0.1) is 5.92 Å². The standard InChI is InChI=1S/C19H39N5.HI/c1-4-20-19(22-18-9-7-6-8-10-18)21-15-17(3)16-24-13-11-23(5-2)12-14-24;/h17-18H,4-16H2,1-3H3,(H2,20,21,22);1H. The van der Waals surface area contributed by atoms with Crippen LogP contribution in [0.15, 0.2) is 4.99 Å². The van der Waals surface area contributed by atoms with Crippen LogP contribution in [-0.2, 0) is 0 Å². The second-order valence-corrected chi connectivity index (χ2v) is 7.54. The lowest BCUT2D eigenvalue weighted by Crippen LogP contribution is -2.47. The van der Waals surface area contributed by atoms with Gasteiger partial charge in [-0.25, -0.2) is 0 Å². The van der Waals surface area contributed by atoms with Gasteiger partial charge in [0.2, 0.25) is 0 Å². The molecule has 1 unspecified atom stereocenters. The minimum absolute atomic E-state index is 0. The van der Waals surface area contributed by atoms with Crippen LogP contribution in [0.4, 0.5) is 0 Å². The zero-order valence-corrected chi connectivity index (χ0v) is 18.9. The van der Waals surface area contributed by atoms with Gasteiger partial charge >= 0.3 is 0 Å². The fourth-order valence-corrected chi connectivity index (χ4v) is 3.79. The Labute approximate surface area is 172 Å². The van der Waals surface area contributed by atoms with Crippen molar-refractivity contribution in [1.29, 1.82) is 0 Å². The largest absolute Gasteiger partial charge is 0.357 e. The Morgan fingerprint density at radius 2 is 1.68 bits per heavy atom. The van der Waals surface area contributed by atoms with Crippen molar-refractivity contribution < 1.29 is 0 Å². The molecule has 1 aliphatic heterocycles. The third-order valence-corrected chi connectivity index (χ3v) is 5.33. The summed E-state index contributed by atoms with van der Waals surface area (Å²) in [6, 6.07) is 0.619. The lowest BCUT2D eigenvalue weighted by atomic mass is 9.96. The van der Waals surface area contributed by atoms with E-state index in [0.717, 1.165) is 19.0 Å². The van der Waals surface area contributed by atoms with Crippen LogP contribution in [-0.4, -0.2) is 74.2 Å². The number of piperazine rings is 1. The summed E-state index contributed by atoms with van der Waals surface area (Å²) in [6.45, 7) is 15.8. The summed E-state index contributed by atoms with van der Waals surface area (Å²) in [6.07, 6.45) is 6.70. The van der Waals surface area contributed by atoms with Crippen molar-refractivity contribution in [2.24, 2.45) is 10.9 Å². The van der Waals surface area contributed by atoms with Gasteiger partial charge in [0, 0.05) is 51.9 Å². The Hall–Kier alpha value is -0.0800. The normalized spacial score (nSPS) is 22.3. The minimum Gasteiger partial charge on any atom is -0.357 e. The van der Waals surface area contributed by atoms with Gasteiger partial charge in [-0.05, 0) is 32.2 Å². The van der Waals surface area contributed by atoms with Crippen molar-refractivity contribution >= 4 is 29.9 Å². The van der Waals surface area contributed by atoms with E-state index in [-0.39, 0.29) is 24.0 Å². The molecule has 6 heteroatoms. The number of aliphatic imine (C=N–C) groups is 1. The maximum absolute atomic E-state index is 4.86. The topological polar surface area (TPSA) is 42.9 Å². The second kappa shape index (κ2) is 13.1. The number of rotatable bonds is 7. The molecule has 2 fully saturated rings. The lowest BCUT2D eigenvalue weighted by molar-refractivity contribution is 0.125. The summed E-state index contributed by atoms with van der Waals surface area (Å²) in [5, 5.41) is 7.07. The molecule has 1 atom stereocenters. The molecule has 0 aromatic heterocycles. The molecule has 5 nitrogen and oxygen atoms in total. The molecule has 2 aliphatic rings.